The average Bonchev–Trinajstić information content (AvgIpc) is 1.64. The molecule has 0 fully saturated rings. The summed E-state index contributed by atoms with van der Waals surface area (Å²) in [6.07, 6.45) is 0. The fourth-order valence-electron chi connectivity index (χ4n) is 0.462. The first kappa shape index (κ1) is 7.98. The van der Waals surface area contributed by atoms with Gasteiger partial charge in [0.25, 0.3) is 0 Å². The van der Waals surface area contributed by atoms with E-state index in [-0.39, 0.29) is 0 Å². The predicted molar refractivity (Wildman–Crippen MR) is 39.7 cm³/mol. The second kappa shape index (κ2) is 3.10. The largest absolute Gasteiger partial charge is 0.302 e. The first-order valence-electron chi connectivity index (χ1n) is 2.88. The summed E-state index contributed by atoms with van der Waals surface area (Å²) in [5.41, 5.74) is 0. The molecular weight excluding hydrogens is 98.9 g/mol. The maximum atomic E-state index is 2.17. The van der Waals surface area contributed by atoms with Crippen LogP contribution < -0.4 is 0 Å². The molecular formula is C5H15BN2. The fraction of sp³-hybridized carbons (Fsp3) is 1.00. The molecule has 0 aliphatic heterocycles. The first-order chi connectivity index (χ1) is 3.55. The van der Waals surface area contributed by atoms with Crippen LogP contribution in [0.15, 0.2) is 0 Å². The highest BCUT2D eigenvalue weighted by Crippen LogP contribution is 1.87. The summed E-state index contributed by atoms with van der Waals surface area (Å²) in [6.45, 7) is 0. The van der Waals surface area contributed by atoms with Gasteiger partial charge in [-0.3, -0.25) is 0 Å². The monoisotopic (exact) mass is 114 g/mol. The second-order valence-corrected chi connectivity index (χ2v) is 2.56. The van der Waals surface area contributed by atoms with Crippen molar-refractivity contribution in [3.63, 3.8) is 0 Å². The van der Waals surface area contributed by atoms with Crippen LogP contribution in [0.25, 0.3) is 0 Å². The minimum atomic E-state index is 0.537. The van der Waals surface area contributed by atoms with Crippen LogP contribution >= 0.6 is 0 Å². The van der Waals surface area contributed by atoms with Gasteiger partial charge in [-0.2, -0.15) is 0 Å². The van der Waals surface area contributed by atoms with Gasteiger partial charge in [0.2, 0.25) is 0 Å². The van der Waals surface area contributed by atoms with E-state index in [4.69, 9.17) is 0 Å². The molecule has 0 radical (unpaired) electrons. The lowest BCUT2D eigenvalue weighted by atomic mass is 10.0. The minimum Gasteiger partial charge on any atom is -0.302 e. The third kappa shape index (κ3) is 2.33. The Balaban J connectivity index is 3.46. The molecule has 0 N–H and O–H groups in total. The molecule has 0 rings (SSSR count). The molecule has 0 spiro atoms. The van der Waals surface area contributed by atoms with Crippen molar-refractivity contribution in [1.29, 1.82) is 0 Å². The molecule has 2 nitrogen and oxygen atoms in total. The highest BCUT2D eigenvalue weighted by Gasteiger charge is 2.04. The van der Waals surface area contributed by atoms with Gasteiger partial charge in [-0.15, -0.1) is 0 Å². The third-order valence-corrected chi connectivity index (χ3v) is 1.49. The Labute approximate surface area is 52.9 Å². The summed E-state index contributed by atoms with van der Waals surface area (Å²) < 4.78 is 0. The summed E-state index contributed by atoms with van der Waals surface area (Å²) >= 11 is 0. The maximum Gasteiger partial charge on any atom is 0.142 e. The summed E-state index contributed by atoms with van der Waals surface area (Å²) in [4.78, 5) is 4.33. The zero-order valence-corrected chi connectivity index (χ0v) is 6.47. The Morgan fingerprint density at radius 2 is 1.25 bits per heavy atom. The van der Waals surface area contributed by atoms with Gasteiger partial charge in [0.1, 0.15) is 7.85 Å². The number of rotatable bonds is 2. The van der Waals surface area contributed by atoms with Crippen LogP contribution in [0.2, 0.25) is 0 Å². The van der Waals surface area contributed by atoms with Crippen LogP contribution in [0.5, 0.6) is 0 Å². The smallest absolute Gasteiger partial charge is 0.142 e. The molecule has 0 aliphatic carbocycles. The van der Waals surface area contributed by atoms with E-state index in [9.17, 15) is 0 Å². The molecule has 0 aromatic rings. The minimum absolute atomic E-state index is 0.537. The molecule has 0 amide bonds. The topological polar surface area (TPSA) is 6.48 Å². The van der Waals surface area contributed by atoms with Gasteiger partial charge in [0.05, 0.1) is 0 Å². The zero-order valence-electron chi connectivity index (χ0n) is 6.47. The van der Waals surface area contributed by atoms with Gasteiger partial charge in [-0.25, -0.2) is 0 Å². The highest BCUT2D eigenvalue weighted by molar-refractivity contribution is 6.11. The van der Waals surface area contributed by atoms with Crippen LogP contribution in [0.4, 0.5) is 0 Å². The maximum absolute atomic E-state index is 2.17. The average molecular weight is 114 g/mol. The van der Waals surface area contributed by atoms with Gasteiger partial charge >= 0.3 is 0 Å². The SMILES string of the molecule is BC(N(C)C)N(C)C. The van der Waals surface area contributed by atoms with Crippen LogP contribution in [0, 0.1) is 0 Å². The summed E-state index contributed by atoms with van der Waals surface area (Å²) in [7, 11) is 10.5. The second-order valence-electron chi connectivity index (χ2n) is 2.56. The molecule has 0 bridgehead atoms. The lowest BCUT2D eigenvalue weighted by Gasteiger charge is -2.26. The van der Waals surface area contributed by atoms with Crippen molar-refractivity contribution >= 4 is 7.85 Å². The quantitative estimate of drug-likeness (QED) is 0.336. The van der Waals surface area contributed by atoms with E-state index in [1.54, 1.807) is 0 Å². The Bertz CT molecular complexity index is 55.4. The highest BCUT2D eigenvalue weighted by atomic mass is 15.3. The first-order valence-corrected chi connectivity index (χ1v) is 2.88. The molecule has 0 atom stereocenters. The molecule has 3 heteroatoms. The summed E-state index contributed by atoms with van der Waals surface area (Å²) in [6, 6.07) is 0.537. The van der Waals surface area contributed by atoms with Crippen LogP contribution in [-0.2, 0) is 0 Å². The molecule has 8 heavy (non-hydrogen) atoms. The van der Waals surface area contributed by atoms with Crippen molar-refractivity contribution in [2.75, 3.05) is 28.2 Å². The van der Waals surface area contributed by atoms with E-state index in [0.717, 1.165) is 0 Å². The molecule has 0 aromatic heterocycles. The van der Waals surface area contributed by atoms with Crippen molar-refractivity contribution in [3.8, 4) is 0 Å². The van der Waals surface area contributed by atoms with E-state index >= 15 is 0 Å². The molecule has 0 saturated heterocycles. The number of nitrogens with zero attached hydrogens (tertiary/aromatic N) is 2. The standard InChI is InChI=1S/C5H15BN2/c1-7(2)5(6)8(3)4/h5H,6H2,1-4H3. The van der Waals surface area contributed by atoms with Crippen molar-refractivity contribution in [1.82, 2.24) is 9.80 Å². The Morgan fingerprint density at radius 3 is 1.25 bits per heavy atom. The van der Waals surface area contributed by atoms with Gasteiger partial charge in [0, 0.05) is 6.07 Å². The van der Waals surface area contributed by atoms with Crippen molar-refractivity contribution in [2.24, 2.45) is 0 Å². The fourth-order valence-corrected chi connectivity index (χ4v) is 0.462. The normalized spacial score (nSPS) is 11.9. The van der Waals surface area contributed by atoms with Gasteiger partial charge < -0.3 is 9.80 Å². The van der Waals surface area contributed by atoms with Crippen molar-refractivity contribution < 1.29 is 0 Å². The molecule has 0 aliphatic rings. The Morgan fingerprint density at radius 1 is 1.00 bits per heavy atom. The van der Waals surface area contributed by atoms with Gasteiger partial charge in [0.15, 0.2) is 0 Å². The van der Waals surface area contributed by atoms with Crippen molar-refractivity contribution in [2.45, 2.75) is 6.07 Å². The molecule has 0 saturated carbocycles. The van der Waals surface area contributed by atoms with Gasteiger partial charge in [-0.05, 0) is 28.2 Å². The third-order valence-electron chi connectivity index (χ3n) is 1.49. The van der Waals surface area contributed by atoms with Crippen LogP contribution in [-0.4, -0.2) is 51.9 Å². The van der Waals surface area contributed by atoms with E-state index < -0.39 is 0 Å². The molecule has 0 unspecified atom stereocenters. The zero-order chi connectivity index (χ0) is 6.73. The van der Waals surface area contributed by atoms with Crippen LogP contribution in [0.3, 0.4) is 0 Å². The lowest BCUT2D eigenvalue weighted by molar-refractivity contribution is 0.204. The van der Waals surface area contributed by atoms with Crippen molar-refractivity contribution in [3.05, 3.63) is 0 Å². The van der Waals surface area contributed by atoms with E-state index in [1.165, 1.54) is 0 Å². The molecule has 0 heterocycles. The number of hydrogen-bond donors (Lipinski definition) is 0. The Kier molecular flexibility index (Phi) is 3.09. The van der Waals surface area contributed by atoms with E-state index in [1.807, 2.05) is 0 Å². The summed E-state index contributed by atoms with van der Waals surface area (Å²) in [5, 5.41) is 0. The lowest BCUT2D eigenvalue weighted by Crippen LogP contribution is -2.40. The molecule has 48 valence electrons. The summed E-state index contributed by atoms with van der Waals surface area (Å²) in [5.74, 6) is 0. The molecule has 0 aromatic carbocycles. The van der Waals surface area contributed by atoms with Crippen LogP contribution in [0.1, 0.15) is 0 Å². The predicted octanol–water partition coefficient (Wildman–Crippen LogP) is -0.974. The number of hydrogen-bond acceptors (Lipinski definition) is 2. The van der Waals surface area contributed by atoms with E-state index in [2.05, 4.69) is 45.8 Å². The van der Waals surface area contributed by atoms with Gasteiger partial charge in [-0.1, -0.05) is 0 Å². The Hall–Kier alpha value is -0.0151. The van der Waals surface area contributed by atoms with E-state index in [0.29, 0.717) is 6.07 Å².